The molecule has 1 aliphatic carbocycles. The zero-order valence-electron chi connectivity index (χ0n) is 14.7. The van der Waals surface area contributed by atoms with Crippen LogP contribution in [0.3, 0.4) is 0 Å². The Morgan fingerprint density at radius 2 is 1.88 bits per heavy atom. The van der Waals surface area contributed by atoms with Gasteiger partial charge in [-0.1, -0.05) is 26.2 Å². The van der Waals surface area contributed by atoms with Crippen molar-refractivity contribution in [2.45, 2.75) is 64.7 Å². The average molecular weight is 338 g/mol. The monoisotopic (exact) mass is 338 g/mol. The molecule has 6 heteroatoms. The lowest BCUT2D eigenvalue weighted by atomic mass is 9.74. The van der Waals surface area contributed by atoms with Crippen LogP contribution in [0.25, 0.3) is 0 Å². The van der Waals surface area contributed by atoms with E-state index < -0.39 is 11.4 Å². The molecule has 2 amide bonds. The SMILES string of the molecule is CCCC(=O)N1CCCC(C(=O)NCC2(C(=O)O)CCCCC2)C1. The van der Waals surface area contributed by atoms with Crippen LogP contribution in [0.4, 0.5) is 0 Å². The summed E-state index contributed by atoms with van der Waals surface area (Å²) >= 11 is 0. The van der Waals surface area contributed by atoms with Crippen molar-refractivity contribution < 1.29 is 19.5 Å². The molecule has 0 aromatic rings. The first-order valence-corrected chi connectivity index (χ1v) is 9.27. The first-order valence-electron chi connectivity index (χ1n) is 9.27. The minimum Gasteiger partial charge on any atom is -0.481 e. The predicted octanol–water partition coefficient (Wildman–Crippen LogP) is 2.18. The highest BCUT2D eigenvalue weighted by molar-refractivity contribution is 5.82. The normalized spacial score (nSPS) is 23.5. The van der Waals surface area contributed by atoms with Crippen molar-refractivity contribution in [3.05, 3.63) is 0 Å². The number of likely N-dealkylation sites (tertiary alicyclic amines) is 1. The van der Waals surface area contributed by atoms with Gasteiger partial charge in [0.1, 0.15) is 0 Å². The molecule has 1 atom stereocenters. The third kappa shape index (κ3) is 4.48. The Hall–Kier alpha value is -1.59. The van der Waals surface area contributed by atoms with Crippen LogP contribution in [0.5, 0.6) is 0 Å². The van der Waals surface area contributed by atoms with Gasteiger partial charge in [0.05, 0.1) is 11.3 Å². The van der Waals surface area contributed by atoms with Crippen LogP contribution in [-0.2, 0) is 14.4 Å². The van der Waals surface area contributed by atoms with Crippen LogP contribution in [0.2, 0.25) is 0 Å². The van der Waals surface area contributed by atoms with Crippen LogP contribution in [0.15, 0.2) is 0 Å². The highest BCUT2D eigenvalue weighted by Crippen LogP contribution is 2.36. The van der Waals surface area contributed by atoms with E-state index in [0.717, 1.165) is 45.1 Å². The number of nitrogens with one attached hydrogen (secondary N) is 1. The summed E-state index contributed by atoms with van der Waals surface area (Å²) in [6, 6.07) is 0. The summed E-state index contributed by atoms with van der Waals surface area (Å²) in [5.41, 5.74) is -0.805. The Labute approximate surface area is 144 Å². The minimum atomic E-state index is -0.805. The number of rotatable bonds is 6. The van der Waals surface area contributed by atoms with Gasteiger partial charge in [0.25, 0.3) is 0 Å². The Kier molecular flexibility index (Phi) is 6.63. The smallest absolute Gasteiger partial charge is 0.311 e. The fraction of sp³-hybridized carbons (Fsp3) is 0.833. The lowest BCUT2D eigenvalue weighted by Gasteiger charge is -2.35. The first kappa shape index (κ1) is 18.7. The molecule has 1 aliphatic heterocycles. The molecule has 1 unspecified atom stereocenters. The molecule has 136 valence electrons. The van der Waals surface area contributed by atoms with E-state index in [1.54, 1.807) is 4.90 Å². The van der Waals surface area contributed by atoms with Gasteiger partial charge in [-0.15, -0.1) is 0 Å². The molecule has 2 N–H and O–H groups in total. The molecule has 0 aromatic heterocycles. The number of carboxylic acids is 1. The topological polar surface area (TPSA) is 86.7 Å². The summed E-state index contributed by atoms with van der Waals surface area (Å²) in [6.07, 6.45) is 7.09. The summed E-state index contributed by atoms with van der Waals surface area (Å²) in [6.45, 7) is 3.37. The first-order chi connectivity index (χ1) is 11.5. The van der Waals surface area contributed by atoms with Crippen molar-refractivity contribution in [1.82, 2.24) is 10.2 Å². The molecule has 2 aliphatic rings. The Morgan fingerprint density at radius 1 is 1.17 bits per heavy atom. The van der Waals surface area contributed by atoms with Gasteiger partial charge in [-0.2, -0.15) is 0 Å². The van der Waals surface area contributed by atoms with Crippen LogP contribution < -0.4 is 5.32 Å². The predicted molar refractivity (Wildman–Crippen MR) is 90.4 cm³/mol. The van der Waals surface area contributed by atoms with Crippen molar-refractivity contribution in [1.29, 1.82) is 0 Å². The van der Waals surface area contributed by atoms with Gasteiger partial charge in [0.2, 0.25) is 11.8 Å². The second-order valence-electron chi connectivity index (χ2n) is 7.29. The molecule has 1 heterocycles. The van der Waals surface area contributed by atoms with Gasteiger partial charge in [0, 0.05) is 26.1 Å². The minimum absolute atomic E-state index is 0.102. The molecule has 0 aromatic carbocycles. The Bertz CT molecular complexity index is 472. The molecule has 6 nitrogen and oxygen atoms in total. The molecular weight excluding hydrogens is 308 g/mol. The lowest BCUT2D eigenvalue weighted by molar-refractivity contribution is -0.151. The third-order valence-electron chi connectivity index (χ3n) is 5.47. The van der Waals surface area contributed by atoms with Crippen molar-refractivity contribution in [2.75, 3.05) is 19.6 Å². The summed E-state index contributed by atoms with van der Waals surface area (Å²) < 4.78 is 0. The lowest BCUT2D eigenvalue weighted by Crippen LogP contribution is -2.49. The second-order valence-corrected chi connectivity index (χ2v) is 7.29. The van der Waals surface area contributed by atoms with E-state index in [2.05, 4.69) is 5.32 Å². The van der Waals surface area contributed by atoms with E-state index in [9.17, 15) is 19.5 Å². The number of piperidine rings is 1. The van der Waals surface area contributed by atoms with E-state index in [-0.39, 0.29) is 24.3 Å². The maximum Gasteiger partial charge on any atom is 0.311 e. The molecular formula is C18H30N2O4. The number of hydrogen-bond acceptors (Lipinski definition) is 3. The number of hydrogen-bond donors (Lipinski definition) is 2. The maximum absolute atomic E-state index is 12.5. The van der Waals surface area contributed by atoms with Gasteiger partial charge in [-0.3, -0.25) is 14.4 Å². The van der Waals surface area contributed by atoms with Crippen molar-refractivity contribution in [3.63, 3.8) is 0 Å². The van der Waals surface area contributed by atoms with Crippen LogP contribution >= 0.6 is 0 Å². The molecule has 1 saturated heterocycles. The van der Waals surface area contributed by atoms with E-state index in [1.807, 2.05) is 6.92 Å². The van der Waals surface area contributed by atoms with E-state index in [4.69, 9.17) is 0 Å². The summed E-state index contributed by atoms with van der Waals surface area (Å²) in [5, 5.41) is 12.5. The zero-order valence-corrected chi connectivity index (χ0v) is 14.7. The van der Waals surface area contributed by atoms with E-state index in [0.29, 0.717) is 25.8 Å². The number of carbonyl (C=O) groups is 3. The molecule has 0 spiro atoms. The number of nitrogens with zero attached hydrogens (tertiary/aromatic N) is 1. The number of aliphatic carboxylic acids is 1. The molecule has 0 bridgehead atoms. The molecule has 1 saturated carbocycles. The van der Waals surface area contributed by atoms with Crippen molar-refractivity contribution in [3.8, 4) is 0 Å². The standard InChI is InChI=1S/C18H30N2O4/c1-2-7-15(21)20-11-6-8-14(12-20)16(22)19-13-18(17(23)24)9-4-3-5-10-18/h14H,2-13H2,1H3,(H,19,22)(H,23,24). The van der Waals surface area contributed by atoms with Gasteiger partial charge in [-0.25, -0.2) is 0 Å². The molecule has 24 heavy (non-hydrogen) atoms. The van der Waals surface area contributed by atoms with Crippen molar-refractivity contribution in [2.24, 2.45) is 11.3 Å². The Morgan fingerprint density at radius 3 is 2.50 bits per heavy atom. The van der Waals surface area contributed by atoms with Gasteiger partial charge >= 0.3 is 5.97 Å². The largest absolute Gasteiger partial charge is 0.481 e. The van der Waals surface area contributed by atoms with E-state index in [1.165, 1.54) is 0 Å². The average Bonchev–Trinajstić information content (AvgIpc) is 2.60. The summed E-state index contributed by atoms with van der Waals surface area (Å²) in [7, 11) is 0. The zero-order chi connectivity index (χ0) is 17.6. The Balaban J connectivity index is 1.89. The fourth-order valence-corrected chi connectivity index (χ4v) is 3.89. The third-order valence-corrected chi connectivity index (χ3v) is 5.47. The van der Waals surface area contributed by atoms with Gasteiger partial charge in [0.15, 0.2) is 0 Å². The second kappa shape index (κ2) is 8.49. The number of carboxylic acid groups (broad SMARTS) is 1. The van der Waals surface area contributed by atoms with Crippen LogP contribution in [0, 0.1) is 11.3 Å². The fourth-order valence-electron chi connectivity index (χ4n) is 3.89. The van der Waals surface area contributed by atoms with Crippen LogP contribution in [0.1, 0.15) is 64.7 Å². The maximum atomic E-state index is 12.5. The van der Waals surface area contributed by atoms with Gasteiger partial charge in [-0.05, 0) is 32.1 Å². The van der Waals surface area contributed by atoms with Crippen LogP contribution in [-0.4, -0.2) is 47.4 Å². The summed E-state index contributed by atoms with van der Waals surface area (Å²) in [5.74, 6) is -1.00. The molecule has 0 radical (unpaired) electrons. The highest BCUT2D eigenvalue weighted by atomic mass is 16.4. The highest BCUT2D eigenvalue weighted by Gasteiger charge is 2.40. The molecule has 2 rings (SSSR count). The number of carbonyl (C=O) groups excluding carboxylic acids is 2. The van der Waals surface area contributed by atoms with Gasteiger partial charge < -0.3 is 15.3 Å². The molecule has 2 fully saturated rings. The quantitative estimate of drug-likeness (QED) is 0.777. The number of amides is 2. The van der Waals surface area contributed by atoms with E-state index >= 15 is 0 Å². The van der Waals surface area contributed by atoms with Crippen molar-refractivity contribution >= 4 is 17.8 Å². The summed E-state index contributed by atoms with van der Waals surface area (Å²) in [4.78, 5) is 38.0.